The number of anilines is 1. The van der Waals surface area contributed by atoms with Gasteiger partial charge in [-0.25, -0.2) is 4.79 Å². The first kappa shape index (κ1) is 15.3. The maximum Gasteiger partial charge on any atom is 0.360 e. The Morgan fingerprint density at radius 2 is 1.96 bits per heavy atom. The van der Waals surface area contributed by atoms with Crippen molar-refractivity contribution in [2.24, 2.45) is 0 Å². The molecule has 8 heteroatoms. The standard InChI is InChI=1S/C15H19N5O3/c1-18-6-8-19(9-7-18)14-13(15(21)22)16-20(17-14)11-4-3-5-12(10-11)23-2/h3-5,10H,6-9H2,1-2H3,(H,21,22). The summed E-state index contributed by atoms with van der Waals surface area (Å²) in [4.78, 5) is 17.0. The van der Waals surface area contributed by atoms with Gasteiger partial charge in [0.05, 0.1) is 12.8 Å². The second-order valence-corrected chi connectivity index (χ2v) is 5.46. The minimum Gasteiger partial charge on any atom is -0.497 e. The van der Waals surface area contributed by atoms with Crippen LogP contribution in [0.2, 0.25) is 0 Å². The van der Waals surface area contributed by atoms with Crippen LogP contribution in [0.5, 0.6) is 5.75 Å². The van der Waals surface area contributed by atoms with E-state index in [0.29, 0.717) is 17.3 Å². The van der Waals surface area contributed by atoms with E-state index in [4.69, 9.17) is 4.74 Å². The molecule has 122 valence electrons. The number of benzene rings is 1. The lowest BCUT2D eigenvalue weighted by molar-refractivity contribution is 0.0690. The molecule has 0 saturated carbocycles. The number of rotatable bonds is 4. The largest absolute Gasteiger partial charge is 0.497 e. The van der Waals surface area contributed by atoms with Crippen molar-refractivity contribution >= 4 is 11.8 Å². The number of ether oxygens (including phenoxy) is 1. The Morgan fingerprint density at radius 1 is 1.22 bits per heavy atom. The van der Waals surface area contributed by atoms with Crippen LogP contribution >= 0.6 is 0 Å². The minimum atomic E-state index is -1.08. The van der Waals surface area contributed by atoms with E-state index in [1.165, 1.54) is 4.80 Å². The fourth-order valence-corrected chi connectivity index (χ4v) is 2.52. The average molecular weight is 317 g/mol. The zero-order chi connectivity index (χ0) is 16.4. The van der Waals surface area contributed by atoms with Gasteiger partial charge in [-0.3, -0.25) is 0 Å². The van der Waals surface area contributed by atoms with E-state index in [1.54, 1.807) is 13.2 Å². The van der Waals surface area contributed by atoms with Gasteiger partial charge in [-0.15, -0.1) is 15.0 Å². The molecule has 23 heavy (non-hydrogen) atoms. The van der Waals surface area contributed by atoms with Crippen LogP contribution in [-0.4, -0.2) is 71.3 Å². The monoisotopic (exact) mass is 317 g/mol. The summed E-state index contributed by atoms with van der Waals surface area (Å²) in [7, 11) is 3.62. The van der Waals surface area contributed by atoms with Crippen molar-refractivity contribution in [3.8, 4) is 11.4 Å². The second-order valence-electron chi connectivity index (χ2n) is 5.46. The number of aromatic nitrogens is 3. The van der Waals surface area contributed by atoms with Gasteiger partial charge in [-0.05, 0) is 19.2 Å². The summed E-state index contributed by atoms with van der Waals surface area (Å²) >= 11 is 0. The van der Waals surface area contributed by atoms with Crippen molar-refractivity contribution in [1.29, 1.82) is 0 Å². The summed E-state index contributed by atoms with van der Waals surface area (Å²) in [6.45, 7) is 3.19. The Morgan fingerprint density at radius 3 is 2.61 bits per heavy atom. The van der Waals surface area contributed by atoms with Crippen LogP contribution in [0.3, 0.4) is 0 Å². The topological polar surface area (TPSA) is 83.7 Å². The van der Waals surface area contributed by atoms with E-state index in [2.05, 4.69) is 15.1 Å². The summed E-state index contributed by atoms with van der Waals surface area (Å²) in [5.74, 6) is -0.000633. The number of hydrogen-bond acceptors (Lipinski definition) is 6. The third-order valence-electron chi connectivity index (χ3n) is 3.89. The van der Waals surface area contributed by atoms with Crippen LogP contribution in [0, 0.1) is 0 Å². The molecule has 0 amide bonds. The number of carboxylic acid groups (broad SMARTS) is 1. The van der Waals surface area contributed by atoms with Crippen LogP contribution in [0.1, 0.15) is 10.5 Å². The molecule has 1 N–H and O–H groups in total. The summed E-state index contributed by atoms with van der Waals surface area (Å²) in [6, 6.07) is 7.20. The molecule has 0 atom stereocenters. The molecule has 1 saturated heterocycles. The minimum absolute atomic E-state index is 0.0302. The summed E-state index contributed by atoms with van der Waals surface area (Å²) < 4.78 is 5.19. The molecule has 8 nitrogen and oxygen atoms in total. The maximum atomic E-state index is 11.5. The van der Waals surface area contributed by atoms with E-state index in [-0.39, 0.29) is 5.69 Å². The summed E-state index contributed by atoms with van der Waals surface area (Å²) in [5.41, 5.74) is 0.629. The normalized spacial score (nSPS) is 15.7. The molecule has 0 radical (unpaired) electrons. The highest BCUT2D eigenvalue weighted by Gasteiger charge is 2.25. The molecule has 2 aromatic rings. The Balaban J connectivity index is 1.96. The molecule has 1 aliphatic heterocycles. The summed E-state index contributed by atoms with van der Waals surface area (Å²) in [5, 5.41) is 18.0. The van der Waals surface area contributed by atoms with Gasteiger partial charge in [0.15, 0.2) is 5.82 Å². The first-order chi connectivity index (χ1) is 11.1. The predicted octanol–water partition coefficient (Wildman–Crippen LogP) is 0.726. The van der Waals surface area contributed by atoms with Crippen molar-refractivity contribution < 1.29 is 14.6 Å². The molecule has 0 bridgehead atoms. The predicted molar refractivity (Wildman–Crippen MR) is 84.6 cm³/mol. The third kappa shape index (κ3) is 3.11. The number of carboxylic acids is 1. The number of aromatic carboxylic acids is 1. The van der Waals surface area contributed by atoms with Crippen LogP contribution in [0.15, 0.2) is 24.3 Å². The highest BCUT2D eigenvalue weighted by atomic mass is 16.5. The van der Waals surface area contributed by atoms with Crippen molar-refractivity contribution in [1.82, 2.24) is 19.9 Å². The van der Waals surface area contributed by atoms with Gasteiger partial charge in [0.25, 0.3) is 0 Å². The molecule has 1 aromatic heterocycles. The molecule has 1 aromatic carbocycles. The van der Waals surface area contributed by atoms with E-state index in [0.717, 1.165) is 26.2 Å². The number of methoxy groups -OCH3 is 1. The third-order valence-corrected chi connectivity index (χ3v) is 3.89. The summed E-state index contributed by atoms with van der Waals surface area (Å²) in [6.07, 6.45) is 0. The number of likely N-dealkylation sites (N-methyl/N-ethyl adjacent to an activating group) is 1. The molecule has 0 aliphatic carbocycles. The SMILES string of the molecule is COc1cccc(-n2nc(C(=O)O)c(N3CCN(C)CC3)n2)c1. The van der Waals surface area contributed by atoms with Crippen LogP contribution in [-0.2, 0) is 0 Å². The van der Waals surface area contributed by atoms with Crippen LogP contribution in [0.4, 0.5) is 5.82 Å². The molecule has 3 rings (SSSR count). The Labute approximate surface area is 133 Å². The fourth-order valence-electron chi connectivity index (χ4n) is 2.52. The molecular weight excluding hydrogens is 298 g/mol. The van der Waals surface area contributed by atoms with Gasteiger partial charge in [0.2, 0.25) is 5.69 Å². The smallest absolute Gasteiger partial charge is 0.360 e. The van der Waals surface area contributed by atoms with Crippen molar-refractivity contribution in [2.45, 2.75) is 0 Å². The van der Waals surface area contributed by atoms with Gasteiger partial charge in [0, 0.05) is 32.2 Å². The van der Waals surface area contributed by atoms with Gasteiger partial charge in [-0.1, -0.05) is 6.07 Å². The van der Waals surface area contributed by atoms with Gasteiger partial charge in [-0.2, -0.15) is 0 Å². The number of piperazine rings is 1. The average Bonchev–Trinajstić information content (AvgIpc) is 3.01. The number of hydrogen-bond donors (Lipinski definition) is 1. The highest BCUT2D eigenvalue weighted by Crippen LogP contribution is 2.21. The fraction of sp³-hybridized carbons (Fsp3) is 0.400. The molecule has 0 unspecified atom stereocenters. The molecule has 1 fully saturated rings. The van der Waals surface area contributed by atoms with Crippen LogP contribution < -0.4 is 9.64 Å². The molecular formula is C15H19N5O3. The first-order valence-electron chi connectivity index (χ1n) is 7.37. The van der Waals surface area contributed by atoms with Gasteiger partial charge in [0.1, 0.15) is 5.75 Å². The van der Waals surface area contributed by atoms with E-state index >= 15 is 0 Å². The van der Waals surface area contributed by atoms with Gasteiger partial charge < -0.3 is 19.6 Å². The van der Waals surface area contributed by atoms with Crippen molar-refractivity contribution in [3.63, 3.8) is 0 Å². The molecule has 1 aliphatic rings. The highest BCUT2D eigenvalue weighted by molar-refractivity contribution is 5.91. The number of nitrogens with zero attached hydrogens (tertiary/aromatic N) is 5. The number of carbonyl (C=O) groups is 1. The Bertz CT molecular complexity index is 707. The van der Waals surface area contributed by atoms with E-state index in [9.17, 15) is 9.90 Å². The lowest BCUT2D eigenvalue weighted by atomic mass is 10.3. The first-order valence-corrected chi connectivity index (χ1v) is 7.37. The maximum absolute atomic E-state index is 11.5. The molecule has 0 spiro atoms. The van der Waals surface area contributed by atoms with Crippen LogP contribution in [0.25, 0.3) is 5.69 Å². The van der Waals surface area contributed by atoms with Crippen molar-refractivity contribution in [2.75, 3.05) is 45.2 Å². The quantitative estimate of drug-likeness (QED) is 0.889. The molecule has 2 heterocycles. The van der Waals surface area contributed by atoms with Gasteiger partial charge >= 0.3 is 5.97 Å². The lowest BCUT2D eigenvalue weighted by Crippen LogP contribution is -2.45. The van der Waals surface area contributed by atoms with E-state index in [1.807, 2.05) is 30.1 Å². The van der Waals surface area contributed by atoms with Crippen molar-refractivity contribution in [3.05, 3.63) is 30.0 Å². The lowest BCUT2D eigenvalue weighted by Gasteiger charge is -2.32. The second kappa shape index (κ2) is 6.25. The Kier molecular flexibility index (Phi) is 4.16. The Hall–Kier alpha value is -2.61. The zero-order valence-electron chi connectivity index (χ0n) is 13.1. The van der Waals surface area contributed by atoms with E-state index < -0.39 is 5.97 Å². The zero-order valence-corrected chi connectivity index (χ0v) is 13.1.